The van der Waals surface area contributed by atoms with Crippen LogP contribution in [0.2, 0.25) is 0 Å². The fourth-order valence-corrected chi connectivity index (χ4v) is 6.98. The number of methoxy groups -OCH3 is 1. The molecule has 0 aromatic heterocycles. The van der Waals surface area contributed by atoms with Crippen LogP contribution in [0.3, 0.4) is 0 Å². The highest BCUT2D eigenvalue weighted by Gasteiger charge is 2.48. The SMILES string of the molecule is COCc1cc(F)c(N2CCC3(CC2)CC(N2CCC(N4CCC(N)CC4)CC2)C3)cc1C=O. The number of likely N-dealkylation sites (tertiary alicyclic amines) is 2. The summed E-state index contributed by atoms with van der Waals surface area (Å²) in [4.78, 5) is 19.1. The van der Waals surface area contributed by atoms with Crippen LogP contribution >= 0.6 is 0 Å². The van der Waals surface area contributed by atoms with Gasteiger partial charge in [-0.25, -0.2) is 4.39 Å². The second-order valence-electron chi connectivity index (χ2n) is 11.2. The van der Waals surface area contributed by atoms with Gasteiger partial charge < -0.3 is 25.2 Å². The molecule has 3 heterocycles. The first-order valence-electron chi connectivity index (χ1n) is 13.3. The number of carbonyl (C=O) groups is 1. The number of carbonyl (C=O) groups excluding carboxylic acids is 1. The van der Waals surface area contributed by atoms with Crippen molar-refractivity contribution in [2.75, 3.05) is 51.3 Å². The van der Waals surface area contributed by atoms with Crippen LogP contribution in [0.4, 0.5) is 10.1 Å². The first-order valence-corrected chi connectivity index (χ1v) is 13.3. The summed E-state index contributed by atoms with van der Waals surface area (Å²) in [5.41, 5.74) is 8.22. The highest BCUT2D eigenvalue weighted by atomic mass is 19.1. The Morgan fingerprint density at radius 1 is 1.00 bits per heavy atom. The largest absolute Gasteiger partial charge is 0.380 e. The Morgan fingerprint density at radius 2 is 1.62 bits per heavy atom. The lowest BCUT2D eigenvalue weighted by molar-refractivity contribution is -0.0355. The van der Waals surface area contributed by atoms with E-state index in [-0.39, 0.29) is 12.4 Å². The van der Waals surface area contributed by atoms with Gasteiger partial charge in [-0.2, -0.15) is 0 Å². The van der Waals surface area contributed by atoms with Gasteiger partial charge in [-0.05, 0) is 101 Å². The summed E-state index contributed by atoms with van der Waals surface area (Å²) in [5.74, 6) is -0.251. The Morgan fingerprint density at radius 3 is 2.24 bits per heavy atom. The lowest BCUT2D eigenvalue weighted by atomic mass is 9.59. The van der Waals surface area contributed by atoms with Gasteiger partial charge in [0.15, 0.2) is 0 Å². The van der Waals surface area contributed by atoms with Gasteiger partial charge in [0.2, 0.25) is 0 Å². The fourth-order valence-electron chi connectivity index (χ4n) is 6.98. The third kappa shape index (κ3) is 4.90. The Balaban J connectivity index is 1.10. The molecule has 34 heavy (non-hydrogen) atoms. The summed E-state index contributed by atoms with van der Waals surface area (Å²) in [6, 6.07) is 5.07. The minimum atomic E-state index is -0.251. The monoisotopic (exact) mass is 472 g/mol. The van der Waals surface area contributed by atoms with E-state index in [2.05, 4.69) is 14.7 Å². The maximum absolute atomic E-state index is 14.8. The highest BCUT2D eigenvalue weighted by molar-refractivity contribution is 5.79. The molecule has 0 radical (unpaired) electrons. The molecule has 1 spiro atoms. The predicted octanol–water partition coefficient (Wildman–Crippen LogP) is 3.42. The zero-order valence-electron chi connectivity index (χ0n) is 20.7. The van der Waals surface area contributed by atoms with Crippen LogP contribution in [0, 0.1) is 11.2 Å². The molecule has 0 atom stereocenters. The average Bonchev–Trinajstić information content (AvgIpc) is 2.84. The molecule has 1 saturated carbocycles. The fraction of sp³-hybridized carbons (Fsp3) is 0.741. The molecule has 0 unspecified atom stereocenters. The van der Waals surface area contributed by atoms with Gasteiger partial charge in [0.05, 0.1) is 12.3 Å². The van der Waals surface area contributed by atoms with Crippen LogP contribution in [-0.2, 0) is 11.3 Å². The number of aldehydes is 1. The number of hydrogen-bond acceptors (Lipinski definition) is 6. The van der Waals surface area contributed by atoms with Gasteiger partial charge in [-0.15, -0.1) is 0 Å². The van der Waals surface area contributed by atoms with Crippen molar-refractivity contribution in [1.29, 1.82) is 0 Å². The lowest BCUT2D eigenvalue weighted by Crippen LogP contribution is -2.58. The topological polar surface area (TPSA) is 62.0 Å². The Hall–Kier alpha value is -1.54. The standard InChI is InChI=1S/C27H41FN4O2/c1-34-19-21-14-25(28)26(15-20(21)18-33)32-12-6-27(7-13-32)16-24(17-27)31-10-4-23(5-11-31)30-8-2-22(29)3-9-30/h14-15,18,22-24H,2-13,16-17,19,29H2,1H3. The molecule has 1 aliphatic carbocycles. The molecular formula is C27H41FN4O2. The van der Waals surface area contributed by atoms with E-state index in [9.17, 15) is 9.18 Å². The number of piperidine rings is 3. The molecule has 0 bridgehead atoms. The normalized spacial score (nSPS) is 25.6. The van der Waals surface area contributed by atoms with Gasteiger partial charge in [-0.1, -0.05) is 0 Å². The van der Waals surface area contributed by atoms with Crippen LogP contribution in [-0.4, -0.2) is 80.6 Å². The minimum absolute atomic E-state index is 0.249. The zero-order chi connectivity index (χ0) is 23.7. The summed E-state index contributed by atoms with van der Waals surface area (Å²) < 4.78 is 19.9. The molecule has 2 N–H and O–H groups in total. The van der Waals surface area contributed by atoms with E-state index in [4.69, 9.17) is 10.5 Å². The van der Waals surface area contributed by atoms with E-state index in [0.29, 0.717) is 28.3 Å². The number of nitrogens with two attached hydrogens (primary N) is 1. The van der Waals surface area contributed by atoms with Crippen LogP contribution in [0.1, 0.15) is 67.3 Å². The molecule has 6 nitrogen and oxygen atoms in total. The molecule has 1 aromatic carbocycles. The molecular weight excluding hydrogens is 431 g/mol. The quantitative estimate of drug-likeness (QED) is 0.640. The first-order chi connectivity index (χ1) is 16.5. The second-order valence-corrected chi connectivity index (χ2v) is 11.2. The van der Waals surface area contributed by atoms with Crippen molar-refractivity contribution >= 4 is 12.0 Å². The van der Waals surface area contributed by atoms with Crippen LogP contribution in [0.5, 0.6) is 0 Å². The third-order valence-electron chi connectivity index (χ3n) is 9.24. The summed E-state index contributed by atoms with van der Waals surface area (Å²) in [6.45, 7) is 6.80. The molecule has 4 fully saturated rings. The molecule has 3 saturated heterocycles. The molecule has 3 aliphatic heterocycles. The van der Waals surface area contributed by atoms with Crippen molar-refractivity contribution in [3.63, 3.8) is 0 Å². The highest BCUT2D eigenvalue weighted by Crippen LogP contribution is 2.52. The predicted molar refractivity (Wildman–Crippen MR) is 133 cm³/mol. The molecule has 5 rings (SSSR count). The maximum Gasteiger partial charge on any atom is 0.150 e. The number of hydrogen-bond donors (Lipinski definition) is 1. The van der Waals surface area contributed by atoms with E-state index < -0.39 is 0 Å². The maximum atomic E-state index is 14.8. The third-order valence-corrected chi connectivity index (χ3v) is 9.24. The Labute approximate surface area is 203 Å². The first kappa shape index (κ1) is 24.2. The van der Waals surface area contributed by atoms with Crippen LogP contribution in [0.15, 0.2) is 12.1 Å². The van der Waals surface area contributed by atoms with Gasteiger partial charge in [0.1, 0.15) is 12.1 Å². The van der Waals surface area contributed by atoms with Gasteiger partial charge in [-0.3, -0.25) is 4.79 Å². The second kappa shape index (κ2) is 10.2. The number of rotatable bonds is 6. The van der Waals surface area contributed by atoms with Crippen molar-refractivity contribution < 1.29 is 13.9 Å². The van der Waals surface area contributed by atoms with Crippen LogP contribution in [0.25, 0.3) is 0 Å². The van der Waals surface area contributed by atoms with Crippen molar-refractivity contribution in [1.82, 2.24) is 9.80 Å². The molecule has 0 amide bonds. The van der Waals surface area contributed by atoms with Gasteiger partial charge >= 0.3 is 0 Å². The van der Waals surface area contributed by atoms with E-state index in [1.807, 2.05) is 0 Å². The van der Waals surface area contributed by atoms with Gasteiger partial charge in [0, 0.05) is 43.9 Å². The number of benzene rings is 1. The van der Waals surface area contributed by atoms with E-state index >= 15 is 0 Å². The lowest BCUT2D eigenvalue weighted by Gasteiger charge is -2.56. The zero-order valence-corrected chi connectivity index (χ0v) is 20.7. The minimum Gasteiger partial charge on any atom is -0.380 e. The Bertz CT molecular complexity index is 848. The molecule has 188 valence electrons. The van der Waals surface area contributed by atoms with Crippen molar-refractivity contribution in [2.24, 2.45) is 11.1 Å². The number of anilines is 1. The van der Waals surface area contributed by atoms with E-state index in [1.165, 1.54) is 57.9 Å². The smallest absolute Gasteiger partial charge is 0.150 e. The summed E-state index contributed by atoms with van der Waals surface area (Å²) in [7, 11) is 1.56. The van der Waals surface area contributed by atoms with Crippen LogP contribution < -0.4 is 10.6 Å². The Kier molecular flexibility index (Phi) is 7.26. The van der Waals surface area contributed by atoms with Crippen molar-refractivity contribution in [2.45, 2.75) is 76.1 Å². The number of nitrogens with zero attached hydrogens (tertiary/aromatic N) is 3. The molecule has 4 aliphatic rings. The molecule has 7 heteroatoms. The van der Waals surface area contributed by atoms with Crippen molar-refractivity contribution in [3.05, 3.63) is 29.1 Å². The average molecular weight is 473 g/mol. The summed E-state index contributed by atoms with van der Waals surface area (Å²) in [6.07, 6.45) is 10.5. The van der Waals surface area contributed by atoms with E-state index in [0.717, 1.165) is 57.1 Å². The van der Waals surface area contributed by atoms with Crippen molar-refractivity contribution in [3.8, 4) is 0 Å². The summed E-state index contributed by atoms with van der Waals surface area (Å²) >= 11 is 0. The summed E-state index contributed by atoms with van der Waals surface area (Å²) in [5, 5.41) is 0. The molecule has 1 aromatic rings. The van der Waals surface area contributed by atoms with Gasteiger partial charge in [0.25, 0.3) is 0 Å². The van der Waals surface area contributed by atoms with E-state index in [1.54, 1.807) is 13.2 Å². The number of halogens is 1. The number of ether oxygens (including phenoxy) is 1.